The summed E-state index contributed by atoms with van der Waals surface area (Å²) in [4.78, 5) is 27.9. The zero-order chi connectivity index (χ0) is 27.3. The molecule has 0 atom stereocenters. The van der Waals surface area contributed by atoms with Crippen LogP contribution in [0.3, 0.4) is 0 Å². The average Bonchev–Trinajstić information content (AvgIpc) is 3.09. The number of hydrogen-bond donors (Lipinski definition) is 2. The van der Waals surface area contributed by atoms with Gasteiger partial charge < -0.3 is 10.2 Å². The SMILES string of the molecule is CC(C)C(=O)c1ccc2c(c1)CCN(CCC1CCC(NC(=O)c3ccccc3NS(C)(=O)=O)CC1)CC2. The number of hydrogen-bond acceptors (Lipinski definition) is 5. The van der Waals surface area contributed by atoms with Crippen LogP contribution in [0.25, 0.3) is 0 Å². The van der Waals surface area contributed by atoms with Gasteiger partial charge in [-0.1, -0.05) is 38.1 Å². The molecule has 4 rings (SSSR count). The molecule has 1 aliphatic heterocycles. The standard InChI is InChI=1S/C30H41N3O4S/c1-21(2)29(34)25-11-10-23-15-18-33(19-16-24(23)20-25)17-14-22-8-12-26(13-9-22)31-30(35)27-6-4-5-7-28(27)32-38(3,36)37/h4-7,10-11,20-22,26,32H,8-9,12-19H2,1-3H3,(H,31,35). The Kier molecular flexibility index (Phi) is 9.26. The van der Waals surface area contributed by atoms with E-state index in [1.54, 1.807) is 24.3 Å². The number of amides is 1. The van der Waals surface area contributed by atoms with E-state index in [4.69, 9.17) is 0 Å². The van der Waals surface area contributed by atoms with Gasteiger partial charge in [-0.15, -0.1) is 0 Å². The van der Waals surface area contributed by atoms with Crippen LogP contribution in [0.4, 0.5) is 5.69 Å². The number of fused-ring (bicyclic) bond motifs is 1. The number of para-hydroxylation sites is 1. The maximum atomic E-state index is 12.9. The number of carbonyl (C=O) groups is 2. The van der Waals surface area contributed by atoms with E-state index in [1.165, 1.54) is 11.1 Å². The zero-order valence-electron chi connectivity index (χ0n) is 22.8. The molecule has 0 bridgehead atoms. The van der Waals surface area contributed by atoms with Gasteiger partial charge in [-0.05, 0) is 86.7 Å². The van der Waals surface area contributed by atoms with Crippen LogP contribution < -0.4 is 10.0 Å². The van der Waals surface area contributed by atoms with Crippen molar-refractivity contribution in [2.75, 3.05) is 30.6 Å². The van der Waals surface area contributed by atoms with Crippen LogP contribution in [0.2, 0.25) is 0 Å². The van der Waals surface area contributed by atoms with Crippen LogP contribution in [0.15, 0.2) is 42.5 Å². The fourth-order valence-electron chi connectivity index (χ4n) is 5.68. The van der Waals surface area contributed by atoms with Crippen molar-refractivity contribution in [3.63, 3.8) is 0 Å². The van der Waals surface area contributed by atoms with Gasteiger partial charge >= 0.3 is 0 Å². The first-order valence-electron chi connectivity index (χ1n) is 13.8. The molecule has 1 amide bonds. The van der Waals surface area contributed by atoms with E-state index in [0.29, 0.717) is 17.2 Å². The van der Waals surface area contributed by atoms with Gasteiger partial charge in [0.2, 0.25) is 10.0 Å². The van der Waals surface area contributed by atoms with Gasteiger partial charge in [0.05, 0.1) is 17.5 Å². The number of Topliss-reactive ketones (excluding diaryl/α,β-unsaturated/α-hetero) is 1. The third-order valence-corrected chi connectivity index (χ3v) is 8.50. The minimum absolute atomic E-state index is 0.0198. The van der Waals surface area contributed by atoms with Crippen molar-refractivity contribution in [1.29, 1.82) is 0 Å². The molecule has 1 heterocycles. The summed E-state index contributed by atoms with van der Waals surface area (Å²) in [6.45, 7) is 7.07. The van der Waals surface area contributed by atoms with Gasteiger partial charge in [0, 0.05) is 30.6 Å². The van der Waals surface area contributed by atoms with Crippen molar-refractivity contribution in [3.05, 3.63) is 64.7 Å². The lowest BCUT2D eigenvalue weighted by Crippen LogP contribution is -2.38. The first-order valence-corrected chi connectivity index (χ1v) is 15.7. The van der Waals surface area contributed by atoms with Gasteiger partial charge in [0.1, 0.15) is 0 Å². The van der Waals surface area contributed by atoms with E-state index in [9.17, 15) is 18.0 Å². The topological polar surface area (TPSA) is 95.6 Å². The molecule has 0 saturated heterocycles. The lowest BCUT2D eigenvalue weighted by Gasteiger charge is -2.31. The number of rotatable bonds is 9. The molecule has 2 N–H and O–H groups in total. The fourth-order valence-corrected chi connectivity index (χ4v) is 6.25. The predicted octanol–water partition coefficient (Wildman–Crippen LogP) is 4.68. The molecule has 2 aromatic carbocycles. The Morgan fingerprint density at radius 3 is 2.34 bits per heavy atom. The Morgan fingerprint density at radius 1 is 0.974 bits per heavy atom. The first-order chi connectivity index (χ1) is 18.1. The summed E-state index contributed by atoms with van der Waals surface area (Å²) in [5.74, 6) is 0.660. The Bertz CT molecular complexity index is 1250. The minimum atomic E-state index is -3.46. The largest absolute Gasteiger partial charge is 0.349 e. The summed E-state index contributed by atoms with van der Waals surface area (Å²) < 4.78 is 25.7. The normalized spacial score (nSPS) is 20.4. The third kappa shape index (κ3) is 7.67. The van der Waals surface area contributed by atoms with Crippen molar-refractivity contribution in [3.8, 4) is 0 Å². The molecule has 1 saturated carbocycles. The summed E-state index contributed by atoms with van der Waals surface area (Å²) in [5.41, 5.74) is 4.19. The molecule has 38 heavy (non-hydrogen) atoms. The Labute approximate surface area is 227 Å². The van der Waals surface area contributed by atoms with Crippen molar-refractivity contribution >= 4 is 27.4 Å². The Morgan fingerprint density at radius 2 is 1.66 bits per heavy atom. The molecule has 7 nitrogen and oxygen atoms in total. The molecule has 0 aromatic heterocycles. The van der Waals surface area contributed by atoms with Gasteiger partial charge in [0.25, 0.3) is 5.91 Å². The molecule has 0 unspecified atom stereocenters. The molecule has 0 radical (unpaired) electrons. The van der Waals surface area contributed by atoms with Crippen LogP contribution in [0.5, 0.6) is 0 Å². The highest BCUT2D eigenvalue weighted by Gasteiger charge is 2.25. The quantitative estimate of drug-likeness (QED) is 0.452. The summed E-state index contributed by atoms with van der Waals surface area (Å²) in [6, 6.07) is 13.1. The highest BCUT2D eigenvalue weighted by molar-refractivity contribution is 7.92. The predicted molar refractivity (Wildman–Crippen MR) is 152 cm³/mol. The maximum absolute atomic E-state index is 12.9. The summed E-state index contributed by atoms with van der Waals surface area (Å²) >= 11 is 0. The minimum Gasteiger partial charge on any atom is -0.349 e. The highest BCUT2D eigenvalue weighted by Crippen LogP contribution is 2.28. The van der Waals surface area contributed by atoms with E-state index in [1.807, 2.05) is 19.9 Å². The highest BCUT2D eigenvalue weighted by atomic mass is 32.2. The molecule has 1 aliphatic carbocycles. The van der Waals surface area contributed by atoms with Crippen molar-refractivity contribution < 1.29 is 18.0 Å². The Balaban J connectivity index is 1.22. The van der Waals surface area contributed by atoms with Crippen LogP contribution in [0, 0.1) is 11.8 Å². The van der Waals surface area contributed by atoms with E-state index in [2.05, 4.69) is 27.1 Å². The number of nitrogens with zero attached hydrogens (tertiary/aromatic N) is 1. The molecular weight excluding hydrogens is 498 g/mol. The molecule has 0 spiro atoms. The maximum Gasteiger partial charge on any atom is 0.253 e. The second kappa shape index (κ2) is 12.4. The molecule has 1 fully saturated rings. The number of carbonyl (C=O) groups excluding carboxylic acids is 2. The summed E-state index contributed by atoms with van der Waals surface area (Å²) in [5, 5.41) is 3.12. The zero-order valence-corrected chi connectivity index (χ0v) is 23.6. The van der Waals surface area contributed by atoms with Crippen LogP contribution in [0.1, 0.15) is 77.8 Å². The summed E-state index contributed by atoms with van der Waals surface area (Å²) in [6.07, 6.45) is 8.32. The molecule has 2 aromatic rings. The number of ketones is 1. The number of sulfonamides is 1. The van der Waals surface area contributed by atoms with Crippen molar-refractivity contribution in [2.45, 2.75) is 64.8 Å². The van der Waals surface area contributed by atoms with Gasteiger partial charge in [-0.3, -0.25) is 14.3 Å². The van der Waals surface area contributed by atoms with E-state index < -0.39 is 10.0 Å². The summed E-state index contributed by atoms with van der Waals surface area (Å²) in [7, 11) is -3.46. The fraction of sp³-hybridized carbons (Fsp3) is 0.533. The molecule has 206 valence electrons. The van der Waals surface area contributed by atoms with E-state index >= 15 is 0 Å². The van der Waals surface area contributed by atoms with E-state index in [0.717, 1.165) is 76.4 Å². The monoisotopic (exact) mass is 539 g/mol. The second-order valence-corrected chi connectivity index (χ2v) is 13.0. The van der Waals surface area contributed by atoms with Gasteiger partial charge in [-0.25, -0.2) is 8.42 Å². The number of anilines is 1. The van der Waals surface area contributed by atoms with Gasteiger partial charge in [-0.2, -0.15) is 0 Å². The smallest absolute Gasteiger partial charge is 0.253 e. The van der Waals surface area contributed by atoms with Crippen LogP contribution in [-0.4, -0.2) is 56.9 Å². The molecule has 8 heteroatoms. The van der Waals surface area contributed by atoms with Crippen LogP contribution in [-0.2, 0) is 22.9 Å². The van der Waals surface area contributed by atoms with Crippen LogP contribution >= 0.6 is 0 Å². The third-order valence-electron chi connectivity index (χ3n) is 7.91. The molecular formula is C30H41N3O4S. The lowest BCUT2D eigenvalue weighted by atomic mass is 9.84. The average molecular weight is 540 g/mol. The number of benzene rings is 2. The van der Waals surface area contributed by atoms with Crippen molar-refractivity contribution in [1.82, 2.24) is 10.2 Å². The Hall–Kier alpha value is -2.71. The van der Waals surface area contributed by atoms with Crippen molar-refractivity contribution in [2.24, 2.45) is 11.8 Å². The second-order valence-electron chi connectivity index (χ2n) is 11.2. The van der Waals surface area contributed by atoms with E-state index in [-0.39, 0.29) is 23.7 Å². The lowest BCUT2D eigenvalue weighted by molar-refractivity contribution is 0.0918. The molecule has 2 aliphatic rings. The van der Waals surface area contributed by atoms with Gasteiger partial charge in [0.15, 0.2) is 5.78 Å². The first kappa shape index (κ1) is 28.3. The number of nitrogens with one attached hydrogen (secondary N) is 2.